The minimum Gasteiger partial charge on any atom is -0.336 e. The van der Waals surface area contributed by atoms with Gasteiger partial charge in [0.15, 0.2) is 5.13 Å². The van der Waals surface area contributed by atoms with Gasteiger partial charge in [-0.3, -0.25) is 9.59 Å². The average Bonchev–Trinajstić information content (AvgIpc) is 3.50. The highest BCUT2D eigenvalue weighted by molar-refractivity contribution is 7.13. The van der Waals surface area contributed by atoms with Crippen LogP contribution in [-0.2, 0) is 9.59 Å². The van der Waals surface area contributed by atoms with E-state index in [0.29, 0.717) is 11.4 Å². The van der Waals surface area contributed by atoms with E-state index in [-0.39, 0.29) is 17.9 Å². The highest BCUT2D eigenvalue weighted by Crippen LogP contribution is 2.28. The summed E-state index contributed by atoms with van der Waals surface area (Å²) in [5.74, 6) is -0.244. The summed E-state index contributed by atoms with van der Waals surface area (Å²) < 4.78 is 1.49. The number of benzene rings is 1. The Morgan fingerprint density at radius 1 is 1.21 bits per heavy atom. The summed E-state index contributed by atoms with van der Waals surface area (Å²) in [5.41, 5.74) is 1.33. The second kappa shape index (κ2) is 8.39. The van der Waals surface area contributed by atoms with Crippen molar-refractivity contribution in [3.8, 4) is 0 Å². The third-order valence-corrected chi connectivity index (χ3v) is 5.66. The van der Waals surface area contributed by atoms with Crippen LogP contribution in [0.5, 0.6) is 0 Å². The minimum atomic E-state index is -0.476. The van der Waals surface area contributed by atoms with Crippen molar-refractivity contribution >= 4 is 39.7 Å². The molecule has 2 unspecified atom stereocenters. The van der Waals surface area contributed by atoms with Gasteiger partial charge in [0, 0.05) is 29.5 Å². The van der Waals surface area contributed by atoms with Crippen LogP contribution in [0.1, 0.15) is 25.8 Å². The minimum absolute atomic E-state index is 0.0470. The topological polar surface area (TPSA) is 105 Å². The summed E-state index contributed by atoms with van der Waals surface area (Å²) in [4.78, 5) is 35.3. The third kappa shape index (κ3) is 4.27. The number of thiazole rings is 1. The number of carbonyl (C=O) groups is 2. The lowest BCUT2D eigenvalue weighted by Crippen LogP contribution is -2.39. The van der Waals surface area contributed by atoms with Crippen LogP contribution in [0, 0.1) is 0 Å². The second-order valence-corrected chi connectivity index (χ2v) is 7.65. The van der Waals surface area contributed by atoms with Crippen LogP contribution in [-0.4, -0.2) is 44.1 Å². The third-order valence-electron chi connectivity index (χ3n) is 4.85. The Balaban J connectivity index is 1.35. The highest BCUT2D eigenvalue weighted by atomic mass is 32.1. The van der Waals surface area contributed by atoms with Crippen LogP contribution in [0.15, 0.2) is 48.5 Å². The molecule has 2 amide bonds. The quantitative estimate of drug-likeness (QED) is 0.646. The number of carbonyl (C=O) groups excluding carboxylic acids is 2. The Hall–Kier alpha value is -3.27. The molecular formula is C19H21N7O2S. The SMILES string of the molecule is CC(C(=O)Nc1ccc(NC(=O)C2CCCN2c2nccs2)cc1)n1cncn1. The van der Waals surface area contributed by atoms with Gasteiger partial charge in [-0.15, -0.1) is 11.3 Å². The first kappa shape index (κ1) is 19.1. The normalized spacial score (nSPS) is 17.1. The summed E-state index contributed by atoms with van der Waals surface area (Å²) in [6.07, 6.45) is 6.42. The molecule has 10 heteroatoms. The van der Waals surface area contributed by atoms with E-state index in [1.807, 2.05) is 5.38 Å². The molecule has 4 rings (SSSR count). The number of rotatable bonds is 6. The summed E-state index contributed by atoms with van der Waals surface area (Å²) in [7, 11) is 0. The zero-order chi connectivity index (χ0) is 20.2. The summed E-state index contributed by atoms with van der Waals surface area (Å²) in [6.45, 7) is 2.58. The number of anilines is 3. The van der Waals surface area contributed by atoms with Gasteiger partial charge in [-0.05, 0) is 44.0 Å². The number of nitrogens with one attached hydrogen (secondary N) is 2. The number of aromatic nitrogens is 4. The molecule has 2 aromatic heterocycles. The van der Waals surface area contributed by atoms with Crippen molar-refractivity contribution in [1.29, 1.82) is 0 Å². The molecule has 29 heavy (non-hydrogen) atoms. The van der Waals surface area contributed by atoms with E-state index in [9.17, 15) is 9.59 Å². The predicted molar refractivity (Wildman–Crippen MR) is 111 cm³/mol. The molecule has 0 spiro atoms. The first-order valence-corrected chi connectivity index (χ1v) is 10.2. The van der Waals surface area contributed by atoms with Crippen LogP contribution in [0.4, 0.5) is 16.5 Å². The van der Waals surface area contributed by atoms with Crippen molar-refractivity contribution in [2.24, 2.45) is 0 Å². The fourth-order valence-electron chi connectivity index (χ4n) is 3.27. The van der Waals surface area contributed by atoms with Gasteiger partial charge in [-0.2, -0.15) is 5.10 Å². The summed E-state index contributed by atoms with van der Waals surface area (Å²) in [6, 6.07) is 6.37. The second-order valence-electron chi connectivity index (χ2n) is 6.77. The Labute approximate surface area is 171 Å². The molecule has 2 atom stereocenters. The molecule has 2 N–H and O–H groups in total. The summed E-state index contributed by atoms with van der Waals surface area (Å²) in [5, 5.41) is 12.6. The lowest BCUT2D eigenvalue weighted by molar-refractivity contribution is -0.119. The molecule has 150 valence electrons. The molecule has 1 fully saturated rings. The van der Waals surface area contributed by atoms with Crippen LogP contribution in [0.25, 0.3) is 0 Å². The number of amides is 2. The van der Waals surface area contributed by atoms with E-state index in [4.69, 9.17) is 0 Å². The molecule has 1 saturated heterocycles. The molecule has 3 aromatic rings. The molecule has 0 radical (unpaired) electrons. The standard InChI is InChI=1S/C19H21N7O2S/c1-13(26-12-20-11-22-26)17(27)23-14-4-6-15(7-5-14)24-18(28)16-3-2-9-25(16)19-21-8-10-29-19/h4-8,10-13,16H,2-3,9H2,1H3,(H,23,27)(H,24,28). The zero-order valence-electron chi connectivity index (χ0n) is 15.9. The number of hydrogen-bond donors (Lipinski definition) is 2. The number of hydrogen-bond acceptors (Lipinski definition) is 7. The van der Waals surface area contributed by atoms with Crippen molar-refractivity contribution in [3.05, 3.63) is 48.5 Å². The van der Waals surface area contributed by atoms with Gasteiger partial charge in [0.25, 0.3) is 0 Å². The van der Waals surface area contributed by atoms with Gasteiger partial charge < -0.3 is 15.5 Å². The molecule has 9 nitrogen and oxygen atoms in total. The molecule has 0 aliphatic carbocycles. The van der Waals surface area contributed by atoms with Crippen molar-refractivity contribution in [1.82, 2.24) is 19.7 Å². The van der Waals surface area contributed by atoms with Crippen molar-refractivity contribution in [2.45, 2.75) is 31.8 Å². The molecule has 3 heterocycles. The van der Waals surface area contributed by atoms with Crippen LogP contribution in [0.2, 0.25) is 0 Å². The van der Waals surface area contributed by atoms with Crippen molar-refractivity contribution in [2.75, 3.05) is 22.1 Å². The van der Waals surface area contributed by atoms with Gasteiger partial charge in [-0.25, -0.2) is 14.6 Å². The monoisotopic (exact) mass is 411 g/mol. The van der Waals surface area contributed by atoms with Gasteiger partial charge in [0.1, 0.15) is 24.7 Å². The Bertz CT molecular complexity index is 957. The molecule has 0 saturated carbocycles. The first-order chi connectivity index (χ1) is 14.1. The van der Waals surface area contributed by atoms with Gasteiger partial charge in [0.05, 0.1) is 0 Å². The first-order valence-electron chi connectivity index (χ1n) is 9.34. The van der Waals surface area contributed by atoms with E-state index in [0.717, 1.165) is 24.5 Å². The molecular weight excluding hydrogens is 390 g/mol. The summed E-state index contributed by atoms with van der Waals surface area (Å²) >= 11 is 1.54. The Kier molecular flexibility index (Phi) is 5.52. The lowest BCUT2D eigenvalue weighted by Gasteiger charge is -2.23. The lowest BCUT2D eigenvalue weighted by atomic mass is 10.2. The Morgan fingerprint density at radius 3 is 2.62 bits per heavy atom. The number of nitrogens with zero attached hydrogens (tertiary/aromatic N) is 5. The fraction of sp³-hybridized carbons (Fsp3) is 0.316. The molecule has 0 bridgehead atoms. The van der Waals surface area contributed by atoms with Crippen molar-refractivity contribution in [3.63, 3.8) is 0 Å². The zero-order valence-corrected chi connectivity index (χ0v) is 16.7. The van der Waals surface area contributed by atoms with Crippen LogP contribution < -0.4 is 15.5 Å². The van der Waals surface area contributed by atoms with E-state index >= 15 is 0 Å². The largest absolute Gasteiger partial charge is 0.336 e. The molecule has 1 aliphatic rings. The maximum atomic E-state index is 12.7. The maximum Gasteiger partial charge on any atom is 0.249 e. The van der Waals surface area contributed by atoms with Crippen molar-refractivity contribution < 1.29 is 9.59 Å². The smallest absolute Gasteiger partial charge is 0.249 e. The van der Waals surface area contributed by atoms with Gasteiger partial charge in [0.2, 0.25) is 11.8 Å². The highest BCUT2D eigenvalue weighted by Gasteiger charge is 2.32. The van der Waals surface area contributed by atoms with Crippen LogP contribution in [0.3, 0.4) is 0 Å². The van der Waals surface area contributed by atoms with Gasteiger partial charge in [-0.1, -0.05) is 0 Å². The fourth-order valence-corrected chi connectivity index (χ4v) is 3.99. The Morgan fingerprint density at radius 2 is 1.97 bits per heavy atom. The average molecular weight is 411 g/mol. The molecule has 1 aliphatic heterocycles. The van der Waals surface area contributed by atoms with Gasteiger partial charge >= 0.3 is 0 Å². The van der Waals surface area contributed by atoms with E-state index in [2.05, 4.69) is 30.6 Å². The van der Waals surface area contributed by atoms with E-state index in [1.54, 1.807) is 48.7 Å². The molecule has 1 aromatic carbocycles. The maximum absolute atomic E-state index is 12.7. The van der Waals surface area contributed by atoms with Crippen LogP contribution >= 0.6 is 11.3 Å². The van der Waals surface area contributed by atoms with E-state index < -0.39 is 6.04 Å². The predicted octanol–water partition coefficient (Wildman–Crippen LogP) is 2.54. The van der Waals surface area contributed by atoms with E-state index in [1.165, 1.54) is 17.3 Å².